The second kappa shape index (κ2) is 7.17. The molecule has 20 heavy (non-hydrogen) atoms. The van der Waals surface area contributed by atoms with E-state index in [2.05, 4.69) is 41.1 Å². The molecular weight excluding hydrogens is 248 g/mol. The van der Waals surface area contributed by atoms with Gasteiger partial charge in [-0.05, 0) is 24.5 Å². The SMILES string of the molecule is CCCCCCN1c2ccccc2CC1CN=C(N)N. The molecule has 0 aliphatic carbocycles. The zero-order valence-electron chi connectivity index (χ0n) is 12.4. The van der Waals surface area contributed by atoms with Crippen LogP contribution in [0.4, 0.5) is 5.69 Å². The van der Waals surface area contributed by atoms with E-state index < -0.39 is 0 Å². The van der Waals surface area contributed by atoms with Gasteiger partial charge in [0.15, 0.2) is 5.96 Å². The van der Waals surface area contributed by atoms with Crippen LogP contribution in [0.2, 0.25) is 0 Å². The maximum Gasteiger partial charge on any atom is 0.185 e. The smallest absolute Gasteiger partial charge is 0.185 e. The normalized spacial score (nSPS) is 17.1. The van der Waals surface area contributed by atoms with Gasteiger partial charge in [-0.1, -0.05) is 44.4 Å². The minimum Gasteiger partial charge on any atom is -0.370 e. The predicted molar refractivity (Wildman–Crippen MR) is 86.1 cm³/mol. The first-order valence-electron chi connectivity index (χ1n) is 7.62. The molecule has 4 N–H and O–H groups in total. The van der Waals surface area contributed by atoms with Gasteiger partial charge in [0.05, 0.1) is 12.6 Å². The molecule has 0 fully saturated rings. The summed E-state index contributed by atoms with van der Waals surface area (Å²) in [6, 6.07) is 9.04. The van der Waals surface area contributed by atoms with Crippen molar-refractivity contribution in [2.45, 2.75) is 45.1 Å². The third kappa shape index (κ3) is 3.65. The number of fused-ring (bicyclic) bond motifs is 1. The van der Waals surface area contributed by atoms with Crippen LogP contribution in [0, 0.1) is 0 Å². The lowest BCUT2D eigenvalue weighted by Crippen LogP contribution is -2.36. The molecule has 4 nitrogen and oxygen atoms in total. The molecule has 2 rings (SSSR count). The Morgan fingerprint density at radius 3 is 2.80 bits per heavy atom. The first kappa shape index (κ1) is 14.7. The number of nitrogens with zero attached hydrogens (tertiary/aromatic N) is 2. The lowest BCUT2D eigenvalue weighted by molar-refractivity contribution is 0.587. The van der Waals surface area contributed by atoms with E-state index in [1.165, 1.54) is 36.9 Å². The summed E-state index contributed by atoms with van der Waals surface area (Å²) in [4.78, 5) is 6.70. The summed E-state index contributed by atoms with van der Waals surface area (Å²) in [7, 11) is 0. The van der Waals surface area contributed by atoms with E-state index in [4.69, 9.17) is 11.5 Å². The zero-order valence-corrected chi connectivity index (χ0v) is 12.4. The fourth-order valence-corrected chi connectivity index (χ4v) is 2.91. The van der Waals surface area contributed by atoms with Crippen molar-refractivity contribution in [1.82, 2.24) is 0 Å². The van der Waals surface area contributed by atoms with E-state index in [1.54, 1.807) is 0 Å². The molecule has 1 aromatic rings. The van der Waals surface area contributed by atoms with Gasteiger partial charge in [0, 0.05) is 12.2 Å². The molecule has 0 saturated carbocycles. The summed E-state index contributed by atoms with van der Waals surface area (Å²) < 4.78 is 0. The molecule has 1 aromatic carbocycles. The number of anilines is 1. The molecule has 0 radical (unpaired) electrons. The summed E-state index contributed by atoms with van der Waals surface area (Å²) in [6.45, 7) is 4.03. The highest BCUT2D eigenvalue weighted by Crippen LogP contribution is 2.32. The molecule has 0 saturated heterocycles. The van der Waals surface area contributed by atoms with Crippen molar-refractivity contribution < 1.29 is 0 Å². The Balaban J connectivity index is 2.02. The minimum atomic E-state index is 0.187. The van der Waals surface area contributed by atoms with Gasteiger partial charge in [-0.3, -0.25) is 4.99 Å². The number of hydrogen-bond acceptors (Lipinski definition) is 2. The molecule has 1 atom stereocenters. The highest BCUT2D eigenvalue weighted by molar-refractivity contribution is 5.75. The minimum absolute atomic E-state index is 0.187. The van der Waals surface area contributed by atoms with Crippen molar-refractivity contribution in [3.05, 3.63) is 29.8 Å². The summed E-state index contributed by atoms with van der Waals surface area (Å²) in [5.74, 6) is 0.187. The monoisotopic (exact) mass is 274 g/mol. The average molecular weight is 274 g/mol. The van der Waals surface area contributed by atoms with Gasteiger partial charge in [0.2, 0.25) is 0 Å². The molecule has 1 heterocycles. The fraction of sp³-hybridized carbons (Fsp3) is 0.562. The van der Waals surface area contributed by atoms with E-state index in [0.717, 1.165) is 13.0 Å². The largest absolute Gasteiger partial charge is 0.370 e. The van der Waals surface area contributed by atoms with E-state index in [9.17, 15) is 0 Å². The summed E-state index contributed by atoms with van der Waals surface area (Å²) >= 11 is 0. The lowest BCUT2D eigenvalue weighted by atomic mass is 10.1. The van der Waals surface area contributed by atoms with Crippen molar-refractivity contribution in [2.24, 2.45) is 16.5 Å². The predicted octanol–water partition coefficient (Wildman–Crippen LogP) is 2.27. The van der Waals surface area contributed by atoms with Crippen LogP contribution in [-0.4, -0.2) is 25.1 Å². The molecule has 0 spiro atoms. The molecule has 4 heteroatoms. The molecule has 1 unspecified atom stereocenters. The number of hydrogen-bond donors (Lipinski definition) is 2. The summed E-state index contributed by atoms with van der Waals surface area (Å²) in [5.41, 5.74) is 13.7. The van der Waals surface area contributed by atoms with Gasteiger partial charge in [-0.15, -0.1) is 0 Å². The van der Waals surface area contributed by atoms with Gasteiger partial charge >= 0.3 is 0 Å². The Bertz CT molecular complexity index is 452. The molecular formula is C16H26N4. The van der Waals surface area contributed by atoms with E-state index in [0.29, 0.717) is 12.6 Å². The van der Waals surface area contributed by atoms with Crippen molar-refractivity contribution in [3.63, 3.8) is 0 Å². The van der Waals surface area contributed by atoms with Crippen molar-refractivity contribution in [2.75, 3.05) is 18.0 Å². The molecule has 1 aliphatic heterocycles. The topological polar surface area (TPSA) is 67.6 Å². The number of guanidine groups is 1. The van der Waals surface area contributed by atoms with Crippen LogP contribution in [0.25, 0.3) is 0 Å². The third-order valence-electron chi connectivity index (χ3n) is 3.93. The first-order valence-corrected chi connectivity index (χ1v) is 7.62. The van der Waals surface area contributed by atoms with Gasteiger partial charge in [0.25, 0.3) is 0 Å². The van der Waals surface area contributed by atoms with Gasteiger partial charge < -0.3 is 16.4 Å². The van der Waals surface area contributed by atoms with Gasteiger partial charge in [-0.2, -0.15) is 0 Å². The highest BCUT2D eigenvalue weighted by Gasteiger charge is 2.28. The molecule has 1 aliphatic rings. The van der Waals surface area contributed by atoms with Crippen LogP contribution < -0.4 is 16.4 Å². The van der Waals surface area contributed by atoms with Gasteiger partial charge in [-0.25, -0.2) is 0 Å². The highest BCUT2D eigenvalue weighted by atomic mass is 15.2. The number of para-hydroxylation sites is 1. The Morgan fingerprint density at radius 1 is 1.25 bits per heavy atom. The van der Waals surface area contributed by atoms with Crippen LogP contribution >= 0.6 is 0 Å². The number of benzene rings is 1. The number of nitrogens with two attached hydrogens (primary N) is 2. The lowest BCUT2D eigenvalue weighted by Gasteiger charge is -2.26. The summed E-state index contributed by atoms with van der Waals surface area (Å²) in [6.07, 6.45) is 6.16. The average Bonchev–Trinajstić information content (AvgIpc) is 2.79. The fourth-order valence-electron chi connectivity index (χ4n) is 2.91. The second-order valence-electron chi connectivity index (χ2n) is 5.51. The van der Waals surface area contributed by atoms with Crippen LogP contribution in [0.3, 0.4) is 0 Å². The zero-order chi connectivity index (χ0) is 14.4. The number of aliphatic imine (C=N–C) groups is 1. The quantitative estimate of drug-likeness (QED) is 0.455. The molecule has 0 aromatic heterocycles. The van der Waals surface area contributed by atoms with Crippen LogP contribution in [-0.2, 0) is 6.42 Å². The molecule has 110 valence electrons. The standard InChI is InChI=1S/C16H26N4/c1-2-3-4-7-10-20-14(12-19-16(17)18)11-13-8-5-6-9-15(13)20/h5-6,8-9,14H,2-4,7,10-12H2,1H3,(H4,17,18,19). The van der Waals surface area contributed by atoms with Gasteiger partial charge in [0.1, 0.15) is 0 Å². The Hall–Kier alpha value is -1.71. The summed E-state index contributed by atoms with van der Waals surface area (Å²) in [5, 5.41) is 0. The number of unbranched alkanes of at least 4 members (excludes halogenated alkanes) is 3. The Morgan fingerprint density at radius 2 is 2.05 bits per heavy atom. The first-order chi connectivity index (χ1) is 9.72. The maximum atomic E-state index is 5.47. The van der Waals surface area contributed by atoms with E-state index in [-0.39, 0.29) is 5.96 Å². The van der Waals surface area contributed by atoms with Crippen molar-refractivity contribution in [3.8, 4) is 0 Å². The Kier molecular flexibility index (Phi) is 5.27. The van der Waals surface area contributed by atoms with Crippen LogP contribution in [0.5, 0.6) is 0 Å². The van der Waals surface area contributed by atoms with Crippen molar-refractivity contribution in [1.29, 1.82) is 0 Å². The van der Waals surface area contributed by atoms with E-state index in [1.807, 2.05) is 0 Å². The molecule has 0 bridgehead atoms. The van der Waals surface area contributed by atoms with Crippen molar-refractivity contribution >= 4 is 11.6 Å². The van der Waals surface area contributed by atoms with Crippen LogP contribution in [0.15, 0.2) is 29.3 Å². The third-order valence-corrected chi connectivity index (χ3v) is 3.93. The molecule has 0 amide bonds. The van der Waals surface area contributed by atoms with Crippen LogP contribution in [0.1, 0.15) is 38.2 Å². The maximum absolute atomic E-state index is 5.47. The van der Waals surface area contributed by atoms with E-state index >= 15 is 0 Å². The Labute approximate surface area is 121 Å². The second-order valence-corrected chi connectivity index (χ2v) is 5.51. The number of rotatable bonds is 7.